The number of aromatic nitrogens is 2. The number of methoxy groups -OCH3 is 1. The first kappa shape index (κ1) is 12.9. The van der Waals surface area contributed by atoms with Crippen molar-refractivity contribution in [2.24, 2.45) is 5.73 Å². The topological polar surface area (TPSA) is 82.2 Å². The molecule has 1 aliphatic rings. The van der Waals surface area contributed by atoms with E-state index in [1.807, 2.05) is 0 Å². The minimum Gasteiger partial charge on any atom is -0.381 e. The molecule has 6 heteroatoms. The van der Waals surface area contributed by atoms with Crippen molar-refractivity contribution in [1.82, 2.24) is 9.78 Å². The number of primary amides is 1. The lowest BCUT2D eigenvalue weighted by Gasteiger charge is -2.29. The first-order chi connectivity index (χ1) is 8.67. The molecule has 2 unspecified atom stereocenters. The Bertz CT molecular complexity index is 405. The molecule has 1 amide bonds. The zero-order valence-electron chi connectivity index (χ0n) is 10.6. The highest BCUT2D eigenvalue weighted by Gasteiger charge is 2.21. The Labute approximate surface area is 106 Å². The summed E-state index contributed by atoms with van der Waals surface area (Å²) in [4.78, 5) is 10.8. The van der Waals surface area contributed by atoms with Crippen molar-refractivity contribution in [3.63, 3.8) is 0 Å². The quantitative estimate of drug-likeness (QED) is 0.809. The molecule has 100 valence electrons. The molecule has 2 rings (SSSR count). The average molecular weight is 252 g/mol. The summed E-state index contributed by atoms with van der Waals surface area (Å²) in [5, 5.41) is 7.51. The third-order valence-corrected chi connectivity index (χ3v) is 3.28. The summed E-state index contributed by atoms with van der Waals surface area (Å²) in [6, 6.07) is 0.412. The summed E-state index contributed by atoms with van der Waals surface area (Å²) in [5.74, 6) is -0.387. The van der Waals surface area contributed by atoms with E-state index >= 15 is 0 Å². The fourth-order valence-electron chi connectivity index (χ4n) is 2.41. The van der Waals surface area contributed by atoms with Gasteiger partial charge in [-0.25, -0.2) is 0 Å². The minimum absolute atomic E-state index is 0.118. The first-order valence-corrected chi connectivity index (χ1v) is 6.27. The van der Waals surface area contributed by atoms with Gasteiger partial charge in [0.1, 0.15) is 6.54 Å². The number of carbonyl (C=O) groups is 1. The number of anilines is 1. The number of rotatable bonds is 5. The molecular formula is C12H20N4O2. The molecule has 1 saturated carbocycles. The van der Waals surface area contributed by atoms with Crippen LogP contribution >= 0.6 is 0 Å². The van der Waals surface area contributed by atoms with Gasteiger partial charge in [0, 0.05) is 19.3 Å². The highest BCUT2D eigenvalue weighted by atomic mass is 16.5. The average Bonchev–Trinajstić information content (AvgIpc) is 2.76. The molecule has 18 heavy (non-hydrogen) atoms. The Hall–Kier alpha value is -1.56. The molecule has 1 aliphatic carbocycles. The SMILES string of the molecule is COC1CCCC(Nc2cnn(CC(N)=O)c2)C1. The Morgan fingerprint density at radius 1 is 1.67 bits per heavy atom. The van der Waals surface area contributed by atoms with Gasteiger partial charge in [0.05, 0.1) is 18.0 Å². The van der Waals surface area contributed by atoms with Gasteiger partial charge >= 0.3 is 0 Å². The number of hydrogen-bond acceptors (Lipinski definition) is 4. The maximum absolute atomic E-state index is 10.8. The number of nitrogens with two attached hydrogens (primary N) is 1. The molecule has 6 nitrogen and oxygen atoms in total. The van der Waals surface area contributed by atoms with Gasteiger partial charge in [-0.1, -0.05) is 0 Å². The smallest absolute Gasteiger partial charge is 0.239 e. The summed E-state index contributed by atoms with van der Waals surface area (Å²) in [5.41, 5.74) is 6.05. The summed E-state index contributed by atoms with van der Waals surface area (Å²) in [7, 11) is 1.76. The van der Waals surface area contributed by atoms with Crippen molar-refractivity contribution in [1.29, 1.82) is 0 Å². The monoisotopic (exact) mass is 252 g/mol. The molecule has 0 bridgehead atoms. The molecule has 0 spiro atoms. The van der Waals surface area contributed by atoms with Crippen molar-refractivity contribution in [2.45, 2.75) is 44.4 Å². The van der Waals surface area contributed by atoms with E-state index in [1.165, 1.54) is 6.42 Å². The van der Waals surface area contributed by atoms with E-state index < -0.39 is 0 Å². The van der Waals surface area contributed by atoms with E-state index in [0.29, 0.717) is 12.1 Å². The highest BCUT2D eigenvalue weighted by molar-refractivity contribution is 5.73. The van der Waals surface area contributed by atoms with Crippen molar-refractivity contribution < 1.29 is 9.53 Å². The van der Waals surface area contributed by atoms with Gasteiger partial charge in [0.2, 0.25) is 5.91 Å². The second-order valence-corrected chi connectivity index (χ2v) is 4.76. The van der Waals surface area contributed by atoms with Gasteiger partial charge in [-0.15, -0.1) is 0 Å². The molecule has 1 heterocycles. The lowest BCUT2D eigenvalue weighted by Crippen LogP contribution is -2.30. The zero-order valence-corrected chi connectivity index (χ0v) is 10.6. The molecule has 0 aromatic carbocycles. The van der Waals surface area contributed by atoms with Gasteiger partial charge in [-0.2, -0.15) is 5.10 Å². The van der Waals surface area contributed by atoms with E-state index in [1.54, 1.807) is 24.2 Å². The zero-order chi connectivity index (χ0) is 13.0. The van der Waals surface area contributed by atoms with E-state index in [2.05, 4.69) is 10.4 Å². The number of hydrogen-bond donors (Lipinski definition) is 2. The van der Waals surface area contributed by atoms with E-state index in [0.717, 1.165) is 24.9 Å². The van der Waals surface area contributed by atoms with Crippen LogP contribution in [0.25, 0.3) is 0 Å². The fraction of sp³-hybridized carbons (Fsp3) is 0.667. The van der Waals surface area contributed by atoms with Crippen molar-refractivity contribution in [3.05, 3.63) is 12.4 Å². The first-order valence-electron chi connectivity index (χ1n) is 6.27. The second-order valence-electron chi connectivity index (χ2n) is 4.76. The normalized spacial score (nSPS) is 23.8. The fourth-order valence-corrected chi connectivity index (χ4v) is 2.41. The molecule has 1 aromatic heterocycles. The number of amides is 1. The van der Waals surface area contributed by atoms with Gasteiger partial charge in [-0.05, 0) is 25.7 Å². The number of nitrogens with zero attached hydrogens (tertiary/aromatic N) is 2. The van der Waals surface area contributed by atoms with Gasteiger partial charge < -0.3 is 15.8 Å². The Kier molecular flexibility index (Phi) is 4.19. The predicted molar refractivity (Wildman–Crippen MR) is 68.1 cm³/mol. The van der Waals surface area contributed by atoms with Crippen molar-refractivity contribution >= 4 is 11.6 Å². The molecule has 0 radical (unpaired) electrons. The van der Waals surface area contributed by atoms with Crippen LogP contribution in [0.1, 0.15) is 25.7 Å². The van der Waals surface area contributed by atoms with Gasteiger partial charge in [0.25, 0.3) is 0 Å². The third kappa shape index (κ3) is 3.46. The van der Waals surface area contributed by atoms with Gasteiger partial charge in [-0.3, -0.25) is 9.48 Å². The summed E-state index contributed by atoms with van der Waals surface area (Å²) >= 11 is 0. The number of ether oxygens (including phenoxy) is 1. The largest absolute Gasteiger partial charge is 0.381 e. The van der Waals surface area contributed by atoms with Crippen molar-refractivity contribution in [3.8, 4) is 0 Å². The van der Waals surface area contributed by atoms with Crippen LogP contribution in [0.2, 0.25) is 0 Å². The number of carbonyl (C=O) groups excluding carboxylic acids is 1. The number of nitrogens with one attached hydrogen (secondary N) is 1. The van der Waals surface area contributed by atoms with Crippen molar-refractivity contribution in [2.75, 3.05) is 12.4 Å². The lowest BCUT2D eigenvalue weighted by molar-refractivity contribution is -0.118. The Balaban J connectivity index is 1.88. The molecule has 1 aromatic rings. The Morgan fingerprint density at radius 3 is 3.22 bits per heavy atom. The summed E-state index contributed by atoms with van der Waals surface area (Å²) in [6.45, 7) is 0.118. The maximum atomic E-state index is 10.8. The van der Waals surface area contributed by atoms with Crippen LogP contribution in [0.15, 0.2) is 12.4 Å². The van der Waals surface area contributed by atoms with Crippen LogP contribution in [0.4, 0.5) is 5.69 Å². The molecule has 1 fully saturated rings. The third-order valence-electron chi connectivity index (χ3n) is 3.28. The molecular weight excluding hydrogens is 232 g/mol. The predicted octanol–water partition coefficient (Wildman–Crippen LogP) is 0.738. The van der Waals surface area contributed by atoms with Crippen LogP contribution in [0.3, 0.4) is 0 Å². The van der Waals surface area contributed by atoms with Crippen LogP contribution in [0, 0.1) is 0 Å². The summed E-state index contributed by atoms with van der Waals surface area (Å²) < 4.78 is 6.94. The van der Waals surface area contributed by atoms with Gasteiger partial charge in [0.15, 0.2) is 0 Å². The summed E-state index contributed by atoms with van der Waals surface area (Å²) in [6.07, 6.45) is 8.33. The maximum Gasteiger partial charge on any atom is 0.239 e. The molecule has 0 aliphatic heterocycles. The van der Waals surface area contributed by atoms with E-state index in [4.69, 9.17) is 10.5 Å². The lowest BCUT2D eigenvalue weighted by atomic mass is 9.93. The molecule has 0 saturated heterocycles. The molecule has 3 N–H and O–H groups in total. The van der Waals surface area contributed by atoms with Crippen LogP contribution in [0.5, 0.6) is 0 Å². The second kappa shape index (κ2) is 5.86. The standard InChI is InChI=1S/C12H20N4O2/c1-18-11-4-2-3-9(5-11)15-10-6-14-16(7-10)8-12(13)17/h6-7,9,11,15H,2-5,8H2,1H3,(H2,13,17). The Morgan fingerprint density at radius 2 is 2.50 bits per heavy atom. The van der Waals surface area contributed by atoms with E-state index in [9.17, 15) is 4.79 Å². The molecule has 2 atom stereocenters. The van der Waals surface area contributed by atoms with Crippen LogP contribution < -0.4 is 11.1 Å². The van der Waals surface area contributed by atoms with E-state index in [-0.39, 0.29) is 12.5 Å². The minimum atomic E-state index is -0.387. The van der Waals surface area contributed by atoms with Crippen LogP contribution in [-0.4, -0.2) is 34.9 Å². The highest BCUT2D eigenvalue weighted by Crippen LogP contribution is 2.23. The van der Waals surface area contributed by atoms with Crippen LogP contribution in [-0.2, 0) is 16.1 Å².